The average molecular weight is 248 g/mol. The van der Waals surface area contributed by atoms with Crippen molar-refractivity contribution in [3.8, 4) is 11.8 Å². The molecule has 0 unspecified atom stereocenters. The number of unbranched alkanes of at least 4 members (excludes halogenated alkanes) is 1. The summed E-state index contributed by atoms with van der Waals surface area (Å²) in [5.41, 5.74) is 2.13. The second kappa shape index (κ2) is 10.6. The molecule has 0 fully saturated rings. The zero-order valence-corrected chi connectivity index (χ0v) is 12.0. The van der Waals surface area contributed by atoms with Gasteiger partial charge in [0, 0.05) is 29.9 Å². The minimum Gasteiger partial charge on any atom is -0.493 e. The van der Waals surface area contributed by atoms with Crippen molar-refractivity contribution < 1.29 is 4.74 Å². The second-order valence-corrected chi connectivity index (χ2v) is 3.60. The Morgan fingerprint density at radius 2 is 1.72 bits per heavy atom. The molecule has 18 heavy (non-hydrogen) atoms. The molecule has 0 N–H and O–H groups in total. The highest BCUT2D eigenvalue weighted by Crippen LogP contribution is 2.15. The monoisotopic (exact) mass is 248 g/mol. The molecule has 0 aliphatic rings. The number of aryl methyl sites for hydroxylation is 2. The van der Waals surface area contributed by atoms with Crippen LogP contribution in [0.1, 0.15) is 51.9 Å². The van der Waals surface area contributed by atoms with E-state index in [9.17, 15) is 0 Å². The Balaban J connectivity index is 0.00000137. The third kappa shape index (κ3) is 6.24. The Bertz CT molecular complexity index is 347. The quantitative estimate of drug-likeness (QED) is 0.717. The Hall–Kier alpha value is -1.56. The van der Waals surface area contributed by atoms with E-state index in [2.05, 4.69) is 24.9 Å². The lowest BCUT2D eigenvalue weighted by molar-refractivity contribution is 0.311. The standard InChI is InChI=1S/C13H18N2O.C2H6/c1-3-11-9-13(10-12(4-2)15-11)16-8-6-5-7-14;1-2/h9-10H,3-6,8H2,1-2H3;1-2H3. The highest BCUT2D eigenvalue weighted by molar-refractivity contribution is 5.27. The Morgan fingerprint density at radius 3 is 2.17 bits per heavy atom. The highest BCUT2D eigenvalue weighted by atomic mass is 16.5. The van der Waals surface area contributed by atoms with Gasteiger partial charge < -0.3 is 4.74 Å². The molecule has 100 valence electrons. The van der Waals surface area contributed by atoms with Crippen LogP contribution in [0.15, 0.2) is 12.1 Å². The predicted octanol–water partition coefficient (Wildman–Crippen LogP) is 3.92. The first-order valence-electron chi connectivity index (χ1n) is 6.79. The number of hydrogen-bond acceptors (Lipinski definition) is 3. The SMILES string of the molecule is CC.CCc1cc(OCCCC#N)cc(CC)n1. The van der Waals surface area contributed by atoms with Gasteiger partial charge in [-0.15, -0.1) is 0 Å². The summed E-state index contributed by atoms with van der Waals surface area (Å²) >= 11 is 0. The van der Waals surface area contributed by atoms with Gasteiger partial charge >= 0.3 is 0 Å². The van der Waals surface area contributed by atoms with Crippen LogP contribution < -0.4 is 4.74 Å². The molecule has 0 atom stereocenters. The third-order valence-electron chi connectivity index (χ3n) is 2.33. The highest BCUT2D eigenvalue weighted by Gasteiger charge is 2.01. The van der Waals surface area contributed by atoms with Crippen LogP contribution in [-0.2, 0) is 12.8 Å². The van der Waals surface area contributed by atoms with Gasteiger partial charge in [0.1, 0.15) is 5.75 Å². The molecule has 3 nitrogen and oxygen atoms in total. The zero-order valence-electron chi connectivity index (χ0n) is 12.0. The Labute approximate surface area is 111 Å². The summed E-state index contributed by atoms with van der Waals surface area (Å²) in [6, 6.07) is 6.06. The van der Waals surface area contributed by atoms with E-state index >= 15 is 0 Å². The topological polar surface area (TPSA) is 45.9 Å². The molecule has 0 bridgehead atoms. The average Bonchev–Trinajstić information content (AvgIpc) is 2.45. The van der Waals surface area contributed by atoms with Crippen LogP contribution in [0.5, 0.6) is 5.75 Å². The van der Waals surface area contributed by atoms with Crippen molar-refractivity contribution in [3.63, 3.8) is 0 Å². The molecule has 0 saturated heterocycles. The molecule has 1 rings (SSSR count). The first-order chi connectivity index (χ1) is 8.80. The summed E-state index contributed by atoms with van der Waals surface area (Å²) in [4.78, 5) is 4.48. The maximum absolute atomic E-state index is 8.41. The van der Waals surface area contributed by atoms with Crippen molar-refractivity contribution >= 4 is 0 Å². The van der Waals surface area contributed by atoms with Gasteiger partial charge in [0.15, 0.2) is 0 Å². The van der Waals surface area contributed by atoms with Crippen LogP contribution >= 0.6 is 0 Å². The van der Waals surface area contributed by atoms with Gasteiger partial charge in [-0.1, -0.05) is 27.7 Å². The van der Waals surface area contributed by atoms with Crippen LogP contribution in [0, 0.1) is 11.3 Å². The fourth-order valence-corrected chi connectivity index (χ4v) is 1.41. The van der Waals surface area contributed by atoms with E-state index in [0.29, 0.717) is 13.0 Å². The van der Waals surface area contributed by atoms with Crippen LogP contribution in [0.25, 0.3) is 0 Å². The number of rotatable bonds is 6. The summed E-state index contributed by atoms with van der Waals surface area (Å²) in [6.07, 6.45) is 3.17. The van der Waals surface area contributed by atoms with Crippen molar-refractivity contribution in [2.45, 2.75) is 53.4 Å². The second-order valence-electron chi connectivity index (χ2n) is 3.60. The molecule has 1 aromatic heterocycles. The van der Waals surface area contributed by atoms with E-state index in [4.69, 9.17) is 10.00 Å². The van der Waals surface area contributed by atoms with Gasteiger partial charge in [0.25, 0.3) is 0 Å². The molecule has 3 heteroatoms. The molecule has 0 radical (unpaired) electrons. The molecular weight excluding hydrogens is 224 g/mol. The number of nitriles is 1. The lowest BCUT2D eigenvalue weighted by atomic mass is 10.2. The first-order valence-corrected chi connectivity index (χ1v) is 6.79. The maximum atomic E-state index is 8.41. The maximum Gasteiger partial charge on any atom is 0.122 e. The number of hydrogen-bond donors (Lipinski definition) is 0. The van der Waals surface area contributed by atoms with Gasteiger partial charge in [-0.25, -0.2) is 0 Å². The molecule has 0 aliphatic carbocycles. The van der Waals surface area contributed by atoms with E-state index in [1.807, 2.05) is 26.0 Å². The fraction of sp³-hybridized carbons (Fsp3) is 0.600. The lowest BCUT2D eigenvalue weighted by Gasteiger charge is -2.08. The van der Waals surface area contributed by atoms with Gasteiger partial charge in [0.05, 0.1) is 12.7 Å². The van der Waals surface area contributed by atoms with Crippen molar-refractivity contribution in [2.75, 3.05) is 6.61 Å². The van der Waals surface area contributed by atoms with Gasteiger partial charge in [-0.2, -0.15) is 5.26 Å². The Morgan fingerprint density at radius 1 is 1.17 bits per heavy atom. The Kier molecular flexibility index (Phi) is 9.67. The van der Waals surface area contributed by atoms with Gasteiger partial charge in [-0.3, -0.25) is 4.98 Å². The van der Waals surface area contributed by atoms with E-state index in [0.717, 1.165) is 36.4 Å². The number of nitrogens with zero attached hydrogens (tertiary/aromatic N) is 2. The summed E-state index contributed by atoms with van der Waals surface area (Å²) in [5, 5.41) is 8.41. The summed E-state index contributed by atoms with van der Waals surface area (Å²) in [6.45, 7) is 8.77. The molecule has 0 spiro atoms. The van der Waals surface area contributed by atoms with E-state index in [1.165, 1.54) is 0 Å². The summed E-state index contributed by atoms with van der Waals surface area (Å²) in [7, 11) is 0. The van der Waals surface area contributed by atoms with Crippen molar-refractivity contribution in [1.29, 1.82) is 5.26 Å². The van der Waals surface area contributed by atoms with Crippen molar-refractivity contribution in [3.05, 3.63) is 23.5 Å². The summed E-state index contributed by atoms with van der Waals surface area (Å²) in [5.74, 6) is 0.877. The zero-order chi connectivity index (χ0) is 13.8. The van der Waals surface area contributed by atoms with Crippen LogP contribution in [0.2, 0.25) is 0 Å². The minimum atomic E-state index is 0.548. The molecule has 0 saturated carbocycles. The number of pyridine rings is 1. The normalized spacial score (nSPS) is 9.06. The van der Waals surface area contributed by atoms with E-state index in [1.54, 1.807) is 0 Å². The van der Waals surface area contributed by atoms with E-state index in [-0.39, 0.29) is 0 Å². The van der Waals surface area contributed by atoms with Crippen LogP contribution in [-0.4, -0.2) is 11.6 Å². The van der Waals surface area contributed by atoms with Crippen molar-refractivity contribution in [1.82, 2.24) is 4.98 Å². The summed E-state index contributed by atoms with van der Waals surface area (Å²) < 4.78 is 5.60. The molecule has 0 aliphatic heterocycles. The molecule has 1 heterocycles. The molecular formula is C15H24N2O. The number of ether oxygens (including phenoxy) is 1. The first kappa shape index (κ1) is 16.4. The molecule has 1 aromatic rings. The number of aromatic nitrogens is 1. The van der Waals surface area contributed by atoms with Gasteiger partial charge in [-0.05, 0) is 19.3 Å². The van der Waals surface area contributed by atoms with Crippen molar-refractivity contribution in [2.24, 2.45) is 0 Å². The fourth-order valence-electron chi connectivity index (χ4n) is 1.41. The molecule has 0 amide bonds. The minimum absolute atomic E-state index is 0.548. The van der Waals surface area contributed by atoms with Crippen LogP contribution in [0.3, 0.4) is 0 Å². The predicted molar refractivity (Wildman–Crippen MR) is 74.7 cm³/mol. The van der Waals surface area contributed by atoms with E-state index < -0.39 is 0 Å². The third-order valence-corrected chi connectivity index (χ3v) is 2.33. The van der Waals surface area contributed by atoms with Gasteiger partial charge in [0.2, 0.25) is 0 Å². The largest absolute Gasteiger partial charge is 0.493 e. The molecule has 0 aromatic carbocycles. The van der Waals surface area contributed by atoms with Crippen LogP contribution in [0.4, 0.5) is 0 Å². The smallest absolute Gasteiger partial charge is 0.122 e. The lowest BCUT2D eigenvalue weighted by Crippen LogP contribution is -2.00.